The minimum atomic E-state index is -0.237. The normalized spacial score (nSPS) is 17.3. The molecule has 104 valence electrons. The molecule has 0 heterocycles. The van der Waals surface area contributed by atoms with E-state index in [1.54, 1.807) is 13.0 Å². The monoisotopic (exact) mass is 264 g/mol. The highest BCUT2D eigenvalue weighted by Gasteiger charge is 2.13. The average molecular weight is 264 g/mol. The van der Waals surface area contributed by atoms with Gasteiger partial charge in [0.2, 0.25) is 5.96 Å². The fourth-order valence-corrected chi connectivity index (χ4v) is 2.37. The molecule has 0 spiro atoms. The number of rotatable bonds is 2. The Morgan fingerprint density at radius 1 is 1.32 bits per heavy atom. The van der Waals surface area contributed by atoms with Crippen molar-refractivity contribution in [3.8, 4) is 0 Å². The topological polar surface area (TPSA) is 62.4 Å². The third-order valence-corrected chi connectivity index (χ3v) is 3.54. The lowest BCUT2D eigenvalue weighted by Crippen LogP contribution is -2.37. The number of nitrogens with two attached hydrogens (primary N) is 1. The van der Waals surface area contributed by atoms with Gasteiger partial charge in [0.1, 0.15) is 5.82 Å². The summed E-state index contributed by atoms with van der Waals surface area (Å²) in [6.45, 7) is 1.73. The maximum absolute atomic E-state index is 13.5. The predicted octanol–water partition coefficient (Wildman–Crippen LogP) is 2.70. The minimum Gasteiger partial charge on any atom is -0.325 e. The van der Waals surface area contributed by atoms with Gasteiger partial charge in [-0.25, -0.2) is 15.2 Å². The van der Waals surface area contributed by atoms with Crippen LogP contribution in [0.25, 0.3) is 0 Å². The molecule has 0 amide bonds. The van der Waals surface area contributed by atoms with E-state index in [0.29, 0.717) is 23.3 Å². The second-order valence-electron chi connectivity index (χ2n) is 4.95. The summed E-state index contributed by atoms with van der Waals surface area (Å²) in [7, 11) is 0. The van der Waals surface area contributed by atoms with Crippen molar-refractivity contribution in [2.45, 2.75) is 45.1 Å². The summed E-state index contributed by atoms with van der Waals surface area (Å²) in [6, 6.07) is 5.22. The van der Waals surface area contributed by atoms with Crippen molar-refractivity contribution in [1.29, 1.82) is 0 Å². The lowest BCUT2D eigenvalue weighted by Gasteiger charge is -2.20. The van der Waals surface area contributed by atoms with Crippen molar-refractivity contribution >= 4 is 11.6 Å². The molecule has 0 bridgehead atoms. The number of hydrogen-bond donors (Lipinski definition) is 3. The summed E-state index contributed by atoms with van der Waals surface area (Å²) >= 11 is 0. The molecule has 1 aliphatic carbocycles. The van der Waals surface area contributed by atoms with Gasteiger partial charge in [0.05, 0.1) is 6.04 Å². The molecule has 5 heteroatoms. The van der Waals surface area contributed by atoms with Crippen LogP contribution >= 0.6 is 0 Å². The molecule has 0 radical (unpaired) electrons. The number of nitrogens with one attached hydrogen (secondary N) is 2. The number of guanidine groups is 1. The predicted molar refractivity (Wildman–Crippen MR) is 76.4 cm³/mol. The molecule has 19 heavy (non-hydrogen) atoms. The summed E-state index contributed by atoms with van der Waals surface area (Å²) in [5.41, 5.74) is 3.81. The summed E-state index contributed by atoms with van der Waals surface area (Å²) in [5, 5.41) is 3.06. The van der Waals surface area contributed by atoms with E-state index in [9.17, 15) is 4.39 Å². The van der Waals surface area contributed by atoms with Crippen LogP contribution in [-0.2, 0) is 0 Å². The van der Waals surface area contributed by atoms with E-state index in [1.165, 1.54) is 25.3 Å². The molecule has 4 nitrogen and oxygen atoms in total. The fraction of sp³-hybridized carbons (Fsp3) is 0.500. The zero-order chi connectivity index (χ0) is 13.7. The first-order valence-electron chi connectivity index (χ1n) is 6.77. The average Bonchev–Trinajstić information content (AvgIpc) is 2.44. The number of nitrogens with zero attached hydrogens (tertiary/aromatic N) is 1. The van der Waals surface area contributed by atoms with Gasteiger partial charge in [0, 0.05) is 11.3 Å². The summed E-state index contributed by atoms with van der Waals surface area (Å²) in [4.78, 5) is 4.57. The molecule has 0 aliphatic heterocycles. The van der Waals surface area contributed by atoms with Crippen molar-refractivity contribution < 1.29 is 4.39 Å². The molecule has 0 saturated heterocycles. The zero-order valence-electron chi connectivity index (χ0n) is 11.2. The van der Waals surface area contributed by atoms with Gasteiger partial charge in [-0.3, -0.25) is 5.43 Å². The highest BCUT2D eigenvalue weighted by molar-refractivity contribution is 5.94. The highest BCUT2D eigenvalue weighted by atomic mass is 19.1. The van der Waals surface area contributed by atoms with Crippen LogP contribution in [0.15, 0.2) is 23.2 Å². The molecule has 1 aliphatic rings. The fourth-order valence-electron chi connectivity index (χ4n) is 2.37. The summed E-state index contributed by atoms with van der Waals surface area (Å²) in [6.07, 6.45) is 5.90. The van der Waals surface area contributed by atoms with Crippen molar-refractivity contribution in [2.24, 2.45) is 10.8 Å². The number of anilines is 1. The lowest BCUT2D eigenvalue weighted by molar-refractivity contribution is 0.442. The molecule has 0 aromatic heterocycles. The number of aliphatic imine (C=N–C) groups is 1. The Balaban J connectivity index is 2.09. The second kappa shape index (κ2) is 6.52. The standard InChI is InChI=1S/C14H21FN4/c1-10-12(15)8-5-9-13(10)18-14(19-16)17-11-6-3-2-4-7-11/h5,8-9,11H,2-4,6-7,16H2,1H3,(H2,17,18,19). The minimum absolute atomic E-state index is 0.237. The van der Waals surface area contributed by atoms with Gasteiger partial charge in [-0.05, 0) is 31.9 Å². The second-order valence-corrected chi connectivity index (χ2v) is 4.95. The highest BCUT2D eigenvalue weighted by Crippen LogP contribution is 2.21. The van der Waals surface area contributed by atoms with Crippen LogP contribution in [0.5, 0.6) is 0 Å². The maximum Gasteiger partial charge on any atom is 0.210 e. The van der Waals surface area contributed by atoms with Gasteiger partial charge in [-0.15, -0.1) is 0 Å². The Morgan fingerprint density at radius 3 is 2.74 bits per heavy atom. The first kappa shape index (κ1) is 13.8. The molecular weight excluding hydrogens is 243 g/mol. The van der Waals surface area contributed by atoms with Gasteiger partial charge in [-0.1, -0.05) is 25.3 Å². The van der Waals surface area contributed by atoms with Gasteiger partial charge in [0.15, 0.2) is 0 Å². The molecule has 1 aromatic rings. The zero-order valence-corrected chi connectivity index (χ0v) is 11.2. The number of hydrazine groups is 1. The Kier molecular flexibility index (Phi) is 4.74. The van der Waals surface area contributed by atoms with E-state index in [0.717, 1.165) is 12.8 Å². The van der Waals surface area contributed by atoms with Crippen LogP contribution in [0.1, 0.15) is 37.7 Å². The molecule has 4 N–H and O–H groups in total. The van der Waals surface area contributed by atoms with Crippen LogP contribution in [0.4, 0.5) is 10.1 Å². The molecule has 0 atom stereocenters. The number of benzene rings is 1. The van der Waals surface area contributed by atoms with E-state index >= 15 is 0 Å². The van der Waals surface area contributed by atoms with Crippen molar-refractivity contribution in [2.75, 3.05) is 5.32 Å². The summed E-state index contributed by atoms with van der Waals surface area (Å²) in [5.74, 6) is 5.75. The van der Waals surface area contributed by atoms with Gasteiger partial charge in [0.25, 0.3) is 0 Å². The summed E-state index contributed by atoms with van der Waals surface area (Å²) < 4.78 is 13.5. The number of halogens is 1. The molecule has 1 fully saturated rings. The first-order chi connectivity index (χ1) is 9.20. The van der Waals surface area contributed by atoms with Crippen molar-refractivity contribution in [3.63, 3.8) is 0 Å². The van der Waals surface area contributed by atoms with Crippen LogP contribution in [0.3, 0.4) is 0 Å². The van der Waals surface area contributed by atoms with Crippen molar-refractivity contribution in [1.82, 2.24) is 5.43 Å². The Labute approximate surface area is 113 Å². The van der Waals surface area contributed by atoms with Gasteiger partial charge in [-0.2, -0.15) is 0 Å². The van der Waals surface area contributed by atoms with E-state index in [-0.39, 0.29) is 5.82 Å². The third kappa shape index (κ3) is 3.67. The third-order valence-electron chi connectivity index (χ3n) is 3.54. The van der Waals surface area contributed by atoms with Gasteiger partial charge >= 0.3 is 0 Å². The maximum atomic E-state index is 13.5. The van der Waals surface area contributed by atoms with Crippen molar-refractivity contribution in [3.05, 3.63) is 29.6 Å². The molecule has 2 rings (SSSR count). The van der Waals surface area contributed by atoms with Crippen LogP contribution in [-0.4, -0.2) is 12.0 Å². The lowest BCUT2D eigenvalue weighted by atomic mass is 9.96. The van der Waals surface area contributed by atoms with E-state index < -0.39 is 0 Å². The van der Waals surface area contributed by atoms with E-state index in [2.05, 4.69) is 15.7 Å². The van der Waals surface area contributed by atoms with Crippen LogP contribution in [0, 0.1) is 12.7 Å². The smallest absolute Gasteiger partial charge is 0.210 e. The van der Waals surface area contributed by atoms with Crippen LogP contribution < -0.4 is 16.6 Å². The van der Waals surface area contributed by atoms with Gasteiger partial charge < -0.3 is 5.32 Å². The molecular formula is C14H21FN4. The molecule has 1 aromatic carbocycles. The molecule has 1 saturated carbocycles. The Morgan fingerprint density at radius 2 is 2.05 bits per heavy atom. The van der Waals surface area contributed by atoms with Crippen LogP contribution in [0.2, 0.25) is 0 Å². The Bertz CT molecular complexity index is 453. The number of hydrogen-bond acceptors (Lipinski definition) is 2. The first-order valence-corrected chi connectivity index (χ1v) is 6.77. The van der Waals surface area contributed by atoms with E-state index in [1.807, 2.05) is 6.07 Å². The Hall–Kier alpha value is -1.62. The quantitative estimate of drug-likeness (QED) is 0.333. The molecule has 0 unspecified atom stereocenters. The largest absolute Gasteiger partial charge is 0.325 e. The SMILES string of the molecule is Cc1c(F)cccc1NC(=NC1CCCCC1)NN. The van der Waals surface area contributed by atoms with E-state index in [4.69, 9.17) is 5.84 Å².